The molecule has 1 spiro atoms. The Morgan fingerprint density at radius 2 is 1.76 bits per heavy atom. The number of amides is 2. The molecular formula is C23H35N3O2S. The van der Waals surface area contributed by atoms with Gasteiger partial charge in [-0.2, -0.15) is 11.3 Å². The van der Waals surface area contributed by atoms with Crippen LogP contribution < -0.4 is 0 Å². The summed E-state index contributed by atoms with van der Waals surface area (Å²) in [5.41, 5.74) is 1.30. The van der Waals surface area contributed by atoms with Crippen LogP contribution in [0.25, 0.3) is 6.08 Å². The minimum absolute atomic E-state index is 0.103. The van der Waals surface area contributed by atoms with Gasteiger partial charge >= 0.3 is 0 Å². The Morgan fingerprint density at radius 1 is 1.10 bits per heavy atom. The highest BCUT2D eigenvalue weighted by Gasteiger charge is 2.42. The highest BCUT2D eigenvalue weighted by Crippen LogP contribution is 2.40. The first-order valence-electron chi connectivity index (χ1n) is 11.0. The molecule has 0 radical (unpaired) electrons. The molecule has 3 heterocycles. The Bertz CT molecular complexity index is 687. The maximum absolute atomic E-state index is 12.8. The second-order valence-corrected chi connectivity index (χ2v) is 9.34. The van der Waals surface area contributed by atoms with Gasteiger partial charge in [-0.05, 0) is 79.1 Å². The smallest absolute Gasteiger partial charge is 0.246 e. The third-order valence-electron chi connectivity index (χ3n) is 6.33. The van der Waals surface area contributed by atoms with E-state index in [4.69, 9.17) is 0 Å². The molecule has 0 aromatic carbocycles. The molecule has 1 aromatic heterocycles. The Kier molecular flexibility index (Phi) is 7.90. The van der Waals surface area contributed by atoms with Gasteiger partial charge in [-0.3, -0.25) is 14.5 Å². The zero-order chi connectivity index (χ0) is 20.7. The van der Waals surface area contributed by atoms with Crippen LogP contribution in [0.5, 0.6) is 0 Å². The molecule has 0 N–H and O–H groups in total. The van der Waals surface area contributed by atoms with Crippen molar-refractivity contribution in [1.82, 2.24) is 14.7 Å². The normalized spacial score (nSPS) is 19.0. The van der Waals surface area contributed by atoms with Crippen molar-refractivity contribution in [3.05, 3.63) is 28.5 Å². The second-order valence-electron chi connectivity index (χ2n) is 8.56. The molecule has 0 saturated carbocycles. The monoisotopic (exact) mass is 417 g/mol. The molecule has 0 aliphatic carbocycles. The Labute approximate surface area is 179 Å². The van der Waals surface area contributed by atoms with Gasteiger partial charge in [0.05, 0.1) is 6.54 Å². The number of nitrogens with zero attached hydrogens (tertiary/aromatic N) is 3. The number of hydrogen-bond donors (Lipinski definition) is 0. The summed E-state index contributed by atoms with van der Waals surface area (Å²) >= 11 is 1.64. The zero-order valence-electron chi connectivity index (χ0n) is 17.9. The molecule has 29 heavy (non-hydrogen) atoms. The Morgan fingerprint density at radius 3 is 2.34 bits per heavy atom. The lowest BCUT2D eigenvalue weighted by molar-refractivity contribution is -0.133. The van der Waals surface area contributed by atoms with Crippen LogP contribution in [0.4, 0.5) is 0 Å². The van der Waals surface area contributed by atoms with Crippen LogP contribution in [0.15, 0.2) is 22.9 Å². The van der Waals surface area contributed by atoms with E-state index in [1.54, 1.807) is 17.4 Å². The van der Waals surface area contributed by atoms with E-state index < -0.39 is 0 Å². The summed E-state index contributed by atoms with van der Waals surface area (Å²) in [6, 6.07) is 2.02. The molecule has 2 amide bonds. The van der Waals surface area contributed by atoms with Crippen LogP contribution in [-0.2, 0) is 9.59 Å². The van der Waals surface area contributed by atoms with Crippen molar-refractivity contribution in [2.75, 3.05) is 45.8 Å². The second kappa shape index (κ2) is 10.4. The van der Waals surface area contributed by atoms with Crippen molar-refractivity contribution < 1.29 is 9.59 Å². The van der Waals surface area contributed by atoms with Crippen LogP contribution >= 0.6 is 11.3 Å². The number of piperidine rings is 1. The summed E-state index contributed by atoms with van der Waals surface area (Å²) in [6.45, 7) is 10.2. The minimum Gasteiger partial charge on any atom is -0.341 e. The summed E-state index contributed by atoms with van der Waals surface area (Å²) in [7, 11) is 0. The quantitative estimate of drug-likeness (QED) is 0.606. The molecule has 0 bridgehead atoms. The van der Waals surface area contributed by atoms with E-state index in [1.165, 1.54) is 0 Å². The maximum Gasteiger partial charge on any atom is 0.246 e. The maximum atomic E-state index is 12.8. The van der Waals surface area contributed by atoms with Crippen molar-refractivity contribution >= 4 is 29.2 Å². The van der Waals surface area contributed by atoms with Crippen LogP contribution in [-0.4, -0.2) is 72.3 Å². The van der Waals surface area contributed by atoms with Crippen molar-refractivity contribution in [2.24, 2.45) is 5.41 Å². The number of hydrogen-bond acceptors (Lipinski definition) is 4. The third kappa shape index (κ3) is 5.92. The summed E-state index contributed by atoms with van der Waals surface area (Å²) in [4.78, 5) is 31.6. The fraction of sp³-hybridized carbons (Fsp3) is 0.652. The first kappa shape index (κ1) is 22.0. The van der Waals surface area contributed by atoms with E-state index in [-0.39, 0.29) is 17.2 Å². The lowest BCUT2D eigenvalue weighted by Gasteiger charge is -2.39. The van der Waals surface area contributed by atoms with Crippen molar-refractivity contribution in [3.8, 4) is 0 Å². The topological polar surface area (TPSA) is 43.9 Å². The van der Waals surface area contributed by atoms with Crippen LogP contribution in [0.1, 0.15) is 51.5 Å². The number of rotatable bonds is 8. The fourth-order valence-corrected chi connectivity index (χ4v) is 5.22. The van der Waals surface area contributed by atoms with Gasteiger partial charge in [-0.25, -0.2) is 0 Å². The van der Waals surface area contributed by atoms with Crippen LogP contribution in [0.2, 0.25) is 0 Å². The Balaban J connectivity index is 1.47. The standard InChI is InChI=1S/C23H35N3O2S/c1-3-11-24(12-4-2)17-22(28)26-15-10-23(19-26)8-13-25(14-9-23)21(27)6-5-20-7-16-29-18-20/h5-7,16,18H,3-4,8-15,17,19H2,1-2H3/b6-5+. The summed E-state index contributed by atoms with van der Waals surface area (Å²) in [5.74, 6) is 0.382. The minimum atomic E-state index is 0.103. The van der Waals surface area contributed by atoms with E-state index in [2.05, 4.69) is 23.6 Å². The average Bonchev–Trinajstić information content (AvgIpc) is 3.38. The first-order valence-corrected chi connectivity index (χ1v) is 12.0. The average molecular weight is 418 g/mol. The van der Waals surface area contributed by atoms with Crippen molar-refractivity contribution in [2.45, 2.75) is 46.0 Å². The lowest BCUT2D eigenvalue weighted by Crippen LogP contribution is -2.45. The number of carbonyl (C=O) groups excluding carboxylic acids is 2. The van der Waals surface area contributed by atoms with E-state index in [9.17, 15) is 9.59 Å². The van der Waals surface area contributed by atoms with Gasteiger partial charge in [0.15, 0.2) is 0 Å². The first-order chi connectivity index (χ1) is 14.0. The molecule has 0 atom stereocenters. The fourth-order valence-electron chi connectivity index (χ4n) is 4.59. The summed E-state index contributed by atoms with van der Waals surface area (Å²) < 4.78 is 0. The Hall–Kier alpha value is -1.66. The lowest BCUT2D eigenvalue weighted by atomic mass is 9.78. The molecule has 2 aliphatic heterocycles. The number of carbonyl (C=O) groups is 2. The zero-order valence-corrected chi connectivity index (χ0v) is 18.8. The number of likely N-dealkylation sites (tertiary alicyclic amines) is 2. The molecule has 1 aromatic rings. The predicted octanol–water partition coefficient (Wildman–Crippen LogP) is 3.72. The van der Waals surface area contributed by atoms with Crippen LogP contribution in [0.3, 0.4) is 0 Å². The van der Waals surface area contributed by atoms with E-state index in [1.807, 2.05) is 27.8 Å². The molecule has 2 saturated heterocycles. The third-order valence-corrected chi connectivity index (χ3v) is 7.03. The molecule has 2 aliphatic rings. The van der Waals surface area contributed by atoms with Gasteiger partial charge in [-0.15, -0.1) is 0 Å². The van der Waals surface area contributed by atoms with E-state index in [0.29, 0.717) is 6.54 Å². The van der Waals surface area contributed by atoms with Gasteiger partial charge in [-0.1, -0.05) is 13.8 Å². The molecule has 5 nitrogen and oxygen atoms in total. The predicted molar refractivity (Wildman–Crippen MR) is 120 cm³/mol. The summed E-state index contributed by atoms with van der Waals surface area (Å²) in [6.07, 6.45) is 8.85. The van der Waals surface area contributed by atoms with Gasteiger partial charge in [0.2, 0.25) is 11.8 Å². The molecular weight excluding hydrogens is 382 g/mol. The van der Waals surface area contributed by atoms with Gasteiger partial charge in [0.25, 0.3) is 0 Å². The molecule has 6 heteroatoms. The van der Waals surface area contributed by atoms with Gasteiger partial charge in [0.1, 0.15) is 0 Å². The molecule has 3 rings (SSSR count). The van der Waals surface area contributed by atoms with Gasteiger partial charge < -0.3 is 9.80 Å². The van der Waals surface area contributed by atoms with Crippen molar-refractivity contribution in [3.63, 3.8) is 0 Å². The van der Waals surface area contributed by atoms with Gasteiger partial charge in [0, 0.05) is 32.3 Å². The molecule has 2 fully saturated rings. The van der Waals surface area contributed by atoms with E-state index >= 15 is 0 Å². The number of thiophene rings is 1. The molecule has 0 unspecified atom stereocenters. The van der Waals surface area contributed by atoms with Crippen molar-refractivity contribution in [1.29, 1.82) is 0 Å². The van der Waals surface area contributed by atoms with Crippen LogP contribution in [0, 0.1) is 5.41 Å². The highest BCUT2D eigenvalue weighted by molar-refractivity contribution is 7.08. The largest absolute Gasteiger partial charge is 0.341 e. The summed E-state index contributed by atoms with van der Waals surface area (Å²) in [5, 5.41) is 4.06. The SMILES string of the molecule is CCCN(CCC)CC(=O)N1CCC2(CCN(C(=O)/C=C/c3ccsc3)CC2)C1. The van der Waals surface area contributed by atoms with E-state index in [0.717, 1.165) is 76.9 Å². The highest BCUT2D eigenvalue weighted by atomic mass is 32.1. The molecule has 160 valence electrons.